The Hall–Kier alpha value is -3.95. The minimum atomic E-state index is -1.10. The minimum Gasteiger partial charge on any atom is -0.488 e. The maximum Gasteiger partial charge on any atom is 0.320 e. The van der Waals surface area contributed by atoms with E-state index in [4.69, 9.17) is 37.4 Å². The van der Waals surface area contributed by atoms with Gasteiger partial charge in [0.25, 0.3) is 0 Å². The molecule has 6 rings (SSSR count). The average Bonchev–Trinajstić information content (AvgIpc) is 3.58. The summed E-state index contributed by atoms with van der Waals surface area (Å²) in [5.74, 6) is -0.0232. The molecule has 280 valence electrons. The summed E-state index contributed by atoms with van der Waals surface area (Å²) in [5, 5.41) is 29.7. The monoisotopic (exact) mass is 760 g/mol. The lowest BCUT2D eigenvalue weighted by atomic mass is 9.76. The molecule has 3 aliphatic rings. The molecule has 12 heteroatoms. The number of halogens is 2. The summed E-state index contributed by atoms with van der Waals surface area (Å²) in [6.07, 6.45) is 12.6. The number of piperidine rings is 1. The Morgan fingerprint density at radius 1 is 1.09 bits per heavy atom. The van der Waals surface area contributed by atoms with Gasteiger partial charge in [-0.3, -0.25) is 14.7 Å². The molecule has 0 radical (unpaired) electrons. The number of aliphatic hydroxyl groups is 1. The van der Waals surface area contributed by atoms with E-state index in [1.54, 1.807) is 24.4 Å². The highest BCUT2D eigenvalue weighted by Gasteiger charge is 2.51. The van der Waals surface area contributed by atoms with E-state index < -0.39 is 22.5 Å². The number of ether oxygens (including phenoxy) is 3. The molecule has 1 aromatic heterocycles. The Morgan fingerprint density at radius 2 is 1.92 bits per heavy atom. The van der Waals surface area contributed by atoms with E-state index in [0.29, 0.717) is 65.9 Å². The molecule has 53 heavy (non-hydrogen) atoms. The summed E-state index contributed by atoms with van der Waals surface area (Å²) >= 11 is 14.5. The van der Waals surface area contributed by atoms with Gasteiger partial charge in [-0.05, 0) is 68.5 Å². The van der Waals surface area contributed by atoms with Crippen molar-refractivity contribution in [2.45, 2.75) is 74.8 Å². The van der Waals surface area contributed by atoms with Gasteiger partial charge in [-0.15, -0.1) is 11.6 Å². The summed E-state index contributed by atoms with van der Waals surface area (Å²) in [4.78, 5) is 19.4. The highest BCUT2D eigenvalue weighted by Crippen LogP contribution is 2.48. The number of alkyl halides is 1. The first-order valence-corrected chi connectivity index (χ1v) is 18.9. The fraction of sp³-hybridized carbons (Fsp3) is 0.439. The summed E-state index contributed by atoms with van der Waals surface area (Å²) in [6.45, 7) is 5.75. The van der Waals surface area contributed by atoms with Crippen LogP contribution in [0, 0.1) is 11.3 Å². The SMILES string of the molecule is CC1(Cl)C(c2ccccc2)=CC=CC1(COc1cc(OCc2cncc(C#N)c2)c(CN2CCCC[C@H]2C(=O)O)cc1Cl)OCCCN1CC[C@@H](O)C1. The number of carboxylic acids is 1. The number of allylic oxidation sites excluding steroid dienone is 2. The van der Waals surface area contributed by atoms with Crippen molar-refractivity contribution in [3.05, 3.63) is 106 Å². The van der Waals surface area contributed by atoms with Crippen LogP contribution in [0.4, 0.5) is 0 Å². The van der Waals surface area contributed by atoms with E-state index >= 15 is 0 Å². The number of aromatic nitrogens is 1. The Bertz CT molecular complexity index is 1850. The predicted molar refractivity (Wildman–Crippen MR) is 204 cm³/mol. The topological polar surface area (TPSA) is 128 Å². The number of benzene rings is 2. The molecule has 0 saturated carbocycles. The van der Waals surface area contributed by atoms with Crippen LogP contribution in [-0.2, 0) is 22.7 Å². The highest BCUT2D eigenvalue weighted by molar-refractivity contribution is 6.32. The molecule has 0 bridgehead atoms. The third-order valence-electron chi connectivity index (χ3n) is 10.4. The number of nitrogens with zero attached hydrogens (tertiary/aromatic N) is 4. The van der Waals surface area contributed by atoms with Crippen LogP contribution in [0.25, 0.3) is 5.57 Å². The lowest BCUT2D eigenvalue weighted by molar-refractivity contribution is -0.144. The van der Waals surface area contributed by atoms with Gasteiger partial charge in [-0.2, -0.15) is 5.26 Å². The average molecular weight is 762 g/mol. The maximum atomic E-state index is 12.1. The molecule has 10 nitrogen and oxygen atoms in total. The molecule has 4 atom stereocenters. The van der Waals surface area contributed by atoms with E-state index in [1.165, 1.54) is 6.20 Å². The van der Waals surface area contributed by atoms with Crippen molar-refractivity contribution < 1.29 is 29.2 Å². The molecular weight excluding hydrogens is 715 g/mol. The summed E-state index contributed by atoms with van der Waals surface area (Å²) in [5.41, 5.74) is 2.59. The Balaban J connectivity index is 1.28. The molecule has 3 heterocycles. The molecule has 1 aliphatic carbocycles. The van der Waals surface area contributed by atoms with Gasteiger partial charge in [0, 0.05) is 62.4 Å². The normalized spacial score (nSPS) is 24.8. The standard InChI is InChI=1S/C41H46Cl2N4O6/c1-40(43)34(31-9-3-2-4-10-31)11-7-14-41(40,53-18-8-15-46-17-13-33(48)26-46)28-52-38-21-37(51-27-30-19-29(22-44)23-45-24-30)32(20-35(38)42)25-47-16-6-5-12-36(47)39(49)50/h2-4,7,9-11,14,19-21,23-24,33,36,48H,5-6,8,12-13,15-18,25-28H2,1H3,(H,49,50)/t33-,36+,40?,41?/m1/s1. The van der Waals surface area contributed by atoms with Crippen LogP contribution in [0.1, 0.15) is 61.3 Å². The van der Waals surface area contributed by atoms with Crippen molar-refractivity contribution in [3.8, 4) is 17.6 Å². The Morgan fingerprint density at radius 3 is 2.68 bits per heavy atom. The third kappa shape index (κ3) is 9.23. The van der Waals surface area contributed by atoms with Crippen LogP contribution in [0.2, 0.25) is 5.02 Å². The van der Waals surface area contributed by atoms with Gasteiger partial charge >= 0.3 is 5.97 Å². The van der Waals surface area contributed by atoms with Crippen LogP contribution in [-0.4, -0.2) is 93.0 Å². The first-order chi connectivity index (χ1) is 25.6. The molecule has 3 aromatic rings. The van der Waals surface area contributed by atoms with E-state index in [9.17, 15) is 20.3 Å². The van der Waals surface area contributed by atoms with E-state index in [-0.39, 0.29) is 19.3 Å². The van der Waals surface area contributed by atoms with Crippen LogP contribution in [0.15, 0.2) is 79.2 Å². The number of carboxylic acid groups (broad SMARTS) is 1. The quantitative estimate of drug-likeness (QED) is 0.125. The highest BCUT2D eigenvalue weighted by atomic mass is 35.5. The minimum absolute atomic E-state index is 0.0238. The second-order valence-electron chi connectivity index (χ2n) is 14.1. The van der Waals surface area contributed by atoms with Gasteiger partial charge in [0.15, 0.2) is 0 Å². The van der Waals surface area contributed by atoms with Crippen molar-refractivity contribution in [1.29, 1.82) is 5.26 Å². The zero-order valence-electron chi connectivity index (χ0n) is 29.9. The number of β-amino-alcohol motifs (C(OH)–C–C–N with tert-alkyl or cyclic N) is 1. The number of hydrogen-bond donors (Lipinski definition) is 2. The first kappa shape index (κ1) is 38.8. The van der Waals surface area contributed by atoms with Gasteiger partial charge in [0.2, 0.25) is 0 Å². The summed E-state index contributed by atoms with van der Waals surface area (Å²) in [7, 11) is 0. The first-order valence-electron chi connectivity index (χ1n) is 18.2. The number of nitriles is 1. The van der Waals surface area contributed by atoms with E-state index in [1.807, 2.05) is 60.4 Å². The number of pyridine rings is 1. The van der Waals surface area contributed by atoms with Crippen LogP contribution in [0.5, 0.6) is 11.5 Å². The van der Waals surface area contributed by atoms with E-state index in [0.717, 1.165) is 49.9 Å². The van der Waals surface area contributed by atoms with Gasteiger partial charge in [-0.25, -0.2) is 0 Å². The maximum absolute atomic E-state index is 12.1. The molecule has 2 saturated heterocycles. The lowest BCUT2D eigenvalue weighted by Crippen LogP contribution is -2.55. The van der Waals surface area contributed by atoms with Crippen molar-refractivity contribution in [2.75, 3.05) is 39.4 Å². The number of aliphatic carboxylic acids is 1. The molecule has 2 fully saturated rings. The van der Waals surface area contributed by atoms with Crippen LogP contribution in [0.3, 0.4) is 0 Å². The van der Waals surface area contributed by atoms with Gasteiger partial charge in [0.05, 0.1) is 16.7 Å². The number of aliphatic hydroxyl groups excluding tert-OH is 1. The van der Waals surface area contributed by atoms with Crippen LogP contribution >= 0.6 is 23.2 Å². The van der Waals surface area contributed by atoms with Gasteiger partial charge in [0.1, 0.15) is 47.3 Å². The molecule has 0 spiro atoms. The molecular formula is C41H46Cl2N4O6. The van der Waals surface area contributed by atoms with Crippen molar-refractivity contribution in [2.24, 2.45) is 0 Å². The number of rotatable bonds is 15. The van der Waals surface area contributed by atoms with E-state index in [2.05, 4.69) is 16.0 Å². The molecule has 2 aromatic carbocycles. The molecule has 2 aliphatic heterocycles. The fourth-order valence-corrected chi connectivity index (χ4v) is 7.97. The fourth-order valence-electron chi connectivity index (χ4n) is 7.39. The van der Waals surface area contributed by atoms with Gasteiger partial charge < -0.3 is 29.3 Å². The zero-order valence-corrected chi connectivity index (χ0v) is 31.4. The molecule has 2 N–H and O–H groups in total. The lowest BCUT2D eigenvalue weighted by Gasteiger charge is -2.45. The summed E-state index contributed by atoms with van der Waals surface area (Å²) < 4.78 is 19.7. The summed E-state index contributed by atoms with van der Waals surface area (Å²) in [6, 6.07) is 16.7. The zero-order chi connectivity index (χ0) is 37.4. The Kier molecular flexibility index (Phi) is 12.8. The third-order valence-corrected chi connectivity index (χ3v) is 11.2. The predicted octanol–water partition coefficient (Wildman–Crippen LogP) is 6.87. The Labute approximate surface area is 321 Å². The second-order valence-corrected chi connectivity index (χ2v) is 15.3. The second kappa shape index (κ2) is 17.5. The van der Waals surface area contributed by atoms with Crippen LogP contribution < -0.4 is 9.47 Å². The van der Waals surface area contributed by atoms with Crippen molar-refractivity contribution in [1.82, 2.24) is 14.8 Å². The largest absolute Gasteiger partial charge is 0.488 e. The number of hydrogen-bond acceptors (Lipinski definition) is 9. The molecule has 2 unspecified atom stereocenters. The number of likely N-dealkylation sites (tertiary alicyclic amines) is 2. The number of carbonyl (C=O) groups is 1. The van der Waals surface area contributed by atoms with Crippen molar-refractivity contribution >= 4 is 34.7 Å². The molecule has 0 amide bonds. The van der Waals surface area contributed by atoms with Crippen molar-refractivity contribution in [3.63, 3.8) is 0 Å². The smallest absolute Gasteiger partial charge is 0.320 e. The van der Waals surface area contributed by atoms with Gasteiger partial charge in [-0.1, -0.05) is 60.5 Å².